The summed E-state index contributed by atoms with van der Waals surface area (Å²) in [6.45, 7) is 2.26. The zero-order valence-corrected chi connectivity index (χ0v) is 12.3. The molecule has 0 radical (unpaired) electrons. The van der Waals surface area contributed by atoms with Gasteiger partial charge < -0.3 is 10.8 Å². The van der Waals surface area contributed by atoms with Gasteiger partial charge in [0.2, 0.25) is 0 Å². The Balaban J connectivity index is 1.72. The molecule has 0 aromatic carbocycles. The average molecular weight is 289 g/mol. The fourth-order valence-electron chi connectivity index (χ4n) is 3.49. The molecule has 3 N–H and O–H groups in total. The predicted octanol–water partition coefficient (Wildman–Crippen LogP) is 2.13. The van der Waals surface area contributed by atoms with E-state index in [1.807, 2.05) is 12.1 Å². The second kappa shape index (κ2) is 5.64. The molecule has 1 aromatic rings. The summed E-state index contributed by atoms with van der Waals surface area (Å²) < 4.78 is 0. The minimum absolute atomic E-state index is 0.547. The molecule has 1 aliphatic heterocycles. The van der Waals surface area contributed by atoms with Crippen LogP contribution in [0, 0.1) is 11.3 Å². The molecule has 1 saturated carbocycles. The number of likely N-dealkylation sites (tertiary alicyclic amines) is 1. The Bertz CT molecular complexity index is 530. The van der Waals surface area contributed by atoms with Crippen LogP contribution in [-0.2, 0) is 11.3 Å². The van der Waals surface area contributed by atoms with Gasteiger partial charge in [-0.2, -0.15) is 0 Å². The number of carbonyl (C=O) groups is 1. The molecule has 1 saturated heterocycles. The summed E-state index contributed by atoms with van der Waals surface area (Å²) in [5.41, 5.74) is 6.33. The van der Waals surface area contributed by atoms with Gasteiger partial charge in [0.05, 0.1) is 5.41 Å². The summed E-state index contributed by atoms with van der Waals surface area (Å²) in [5.74, 6) is 0.550. The minimum atomic E-state index is -0.627. The first-order valence-corrected chi connectivity index (χ1v) is 7.74. The van der Waals surface area contributed by atoms with Gasteiger partial charge in [0, 0.05) is 24.8 Å². The number of nitrogens with zero attached hydrogens (tertiary/aromatic N) is 2. The lowest BCUT2D eigenvalue weighted by Gasteiger charge is -2.40. The van der Waals surface area contributed by atoms with Crippen molar-refractivity contribution in [2.75, 3.05) is 18.8 Å². The second-order valence-corrected chi connectivity index (χ2v) is 6.59. The predicted molar refractivity (Wildman–Crippen MR) is 80.6 cm³/mol. The standard InChI is InChI=1S/C16H23N3O2/c17-14-13(3-1-7-18-14)10-19-8-2-6-16(11-19,15(20)21)9-12-4-5-12/h1,3,7,12H,2,4-6,8-11H2,(H2,17,18)(H,20,21)/t16-/m1/s1. The van der Waals surface area contributed by atoms with Gasteiger partial charge in [-0.15, -0.1) is 0 Å². The van der Waals surface area contributed by atoms with E-state index in [-0.39, 0.29) is 0 Å². The van der Waals surface area contributed by atoms with E-state index in [1.165, 1.54) is 12.8 Å². The molecule has 5 nitrogen and oxygen atoms in total. The van der Waals surface area contributed by atoms with Crippen molar-refractivity contribution < 1.29 is 9.90 Å². The number of anilines is 1. The number of aromatic nitrogens is 1. The SMILES string of the molecule is Nc1ncccc1CN1CCC[C@](CC2CC2)(C(=O)O)C1. The first kappa shape index (κ1) is 14.3. The summed E-state index contributed by atoms with van der Waals surface area (Å²) in [4.78, 5) is 18.2. The molecule has 1 atom stereocenters. The minimum Gasteiger partial charge on any atom is -0.481 e. The number of hydrogen-bond acceptors (Lipinski definition) is 4. The number of aliphatic carboxylic acids is 1. The molecule has 2 fully saturated rings. The third kappa shape index (κ3) is 3.18. The summed E-state index contributed by atoms with van der Waals surface area (Å²) in [7, 11) is 0. The van der Waals surface area contributed by atoms with Gasteiger partial charge in [0.25, 0.3) is 0 Å². The van der Waals surface area contributed by atoms with Gasteiger partial charge in [0.15, 0.2) is 0 Å². The molecule has 2 heterocycles. The van der Waals surface area contributed by atoms with Crippen molar-refractivity contribution in [2.45, 2.75) is 38.6 Å². The zero-order chi connectivity index (χ0) is 14.9. The Morgan fingerprint density at radius 3 is 3.00 bits per heavy atom. The quantitative estimate of drug-likeness (QED) is 0.868. The van der Waals surface area contributed by atoms with Gasteiger partial charge in [-0.05, 0) is 37.8 Å². The normalized spacial score (nSPS) is 26.7. The van der Waals surface area contributed by atoms with Crippen molar-refractivity contribution in [3.63, 3.8) is 0 Å². The Kier molecular flexibility index (Phi) is 3.85. The molecule has 114 valence electrons. The lowest BCUT2D eigenvalue weighted by molar-refractivity contribution is -0.153. The summed E-state index contributed by atoms with van der Waals surface area (Å²) >= 11 is 0. The molecule has 0 spiro atoms. The first-order valence-electron chi connectivity index (χ1n) is 7.74. The summed E-state index contributed by atoms with van der Waals surface area (Å²) in [5, 5.41) is 9.74. The van der Waals surface area contributed by atoms with E-state index >= 15 is 0 Å². The Labute approximate surface area is 125 Å². The maximum Gasteiger partial charge on any atom is 0.310 e. The number of carboxylic acid groups (broad SMARTS) is 1. The van der Waals surface area contributed by atoms with E-state index in [9.17, 15) is 9.90 Å². The lowest BCUT2D eigenvalue weighted by Crippen LogP contribution is -2.47. The van der Waals surface area contributed by atoms with Crippen LogP contribution in [0.2, 0.25) is 0 Å². The molecule has 0 amide bonds. The van der Waals surface area contributed by atoms with Gasteiger partial charge in [0.1, 0.15) is 5.82 Å². The summed E-state index contributed by atoms with van der Waals surface area (Å²) in [6.07, 6.45) is 6.66. The molecule has 3 rings (SSSR count). The molecule has 1 aromatic heterocycles. The van der Waals surface area contributed by atoms with Crippen LogP contribution in [0.25, 0.3) is 0 Å². The van der Waals surface area contributed by atoms with Crippen LogP contribution < -0.4 is 5.73 Å². The molecule has 5 heteroatoms. The molecular weight excluding hydrogens is 266 g/mol. The van der Waals surface area contributed by atoms with E-state index in [2.05, 4.69) is 9.88 Å². The van der Waals surface area contributed by atoms with Crippen molar-refractivity contribution in [2.24, 2.45) is 11.3 Å². The number of piperidine rings is 1. The maximum absolute atomic E-state index is 11.8. The number of carboxylic acids is 1. The van der Waals surface area contributed by atoms with Gasteiger partial charge >= 0.3 is 5.97 Å². The second-order valence-electron chi connectivity index (χ2n) is 6.59. The van der Waals surface area contributed by atoms with E-state index in [0.29, 0.717) is 24.8 Å². The number of nitrogen functional groups attached to an aromatic ring is 1. The van der Waals surface area contributed by atoms with Crippen molar-refractivity contribution >= 4 is 11.8 Å². The Morgan fingerprint density at radius 1 is 1.52 bits per heavy atom. The zero-order valence-electron chi connectivity index (χ0n) is 12.3. The van der Waals surface area contributed by atoms with Crippen molar-refractivity contribution in [1.82, 2.24) is 9.88 Å². The lowest BCUT2D eigenvalue weighted by atomic mass is 9.75. The van der Waals surface area contributed by atoms with Gasteiger partial charge in [-0.25, -0.2) is 4.98 Å². The smallest absolute Gasteiger partial charge is 0.310 e. The van der Waals surface area contributed by atoms with E-state index in [0.717, 1.165) is 31.4 Å². The molecule has 21 heavy (non-hydrogen) atoms. The fraction of sp³-hybridized carbons (Fsp3) is 0.625. The highest BCUT2D eigenvalue weighted by molar-refractivity contribution is 5.75. The van der Waals surface area contributed by atoms with Crippen LogP contribution in [0.3, 0.4) is 0 Å². The highest BCUT2D eigenvalue weighted by Gasteiger charge is 2.45. The van der Waals surface area contributed by atoms with Crippen molar-refractivity contribution in [1.29, 1.82) is 0 Å². The first-order chi connectivity index (χ1) is 10.1. The van der Waals surface area contributed by atoms with E-state index < -0.39 is 11.4 Å². The van der Waals surface area contributed by atoms with E-state index in [1.54, 1.807) is 6.20 Å². The fourth-order valence-corrected chi connectivity index (χ4v) is 3.49. The van der Waals surface area contributed by atoms with Crippen LogP contribution in [0.15, 0.2) is 18.3 Å². The number of hydrogen-bond donors (Lipinski definition) is 2. The van der Waals surface area contributed by atoms with Crippen LogP contribution in [0.1, 0.15) is 37.7 Å². The topological polar surface area (TPSA) is 79.5 Å². The van der Waals surface area contributed by atoms with Crippen molar-refractivity contribution in [3.05, 3.63) is 23.9 Å². The van der Waals surface area contributed by atoms with Crippen LogP contribution in [0.4, 0.5) is 5.82 Å². The van der Waals surface area contributed by atoms with E-state index in [4.69, 9.17) is 5.73 Å². The molecule has 1 aliphatic carbocycles. The van der Waals surface area contributed by atoms with Crippen LogP contribution >= 0.6 is 0 Å². The highest BCUT2D eigenvalue weighted by Crippen LogP contribution is 2.45. The Hall–Kier alpha value is -1.62. The number of pyridine rings is 1. The number of nitrogens with two attached hydrogens (primary N) is 1. The molecular formula is C16H23N3O2. The average Bonchev–Trinajstić information content (AvgIpc) is 3.25. The maximum atomic E-state index is 11.8. The summed E-state index contributed by atoms with van der Waals surface area (Å²) in [6, 6.07) is 3.85. The Morgan fingerprint density at radius 2 is 2.33 bits per heavy atom. The highest BCUT2D eigenvalue weighted by atomic mass is 16.4. The number of rotatable bonds is 5. The molecule has 0 unspecified atom stereocenters. The monoisotopic (exact) mass is 289 g/mol. The van der Waals surface area contributed by atoms with Gasteiger partial charge in [-0.1, -0.05) is 18.9 Å². The van der Waals surface area contributed by atoms with Crippen molar-refractivity contribution in [3.8, 4) is 0 Å². The molecule has 2 aliphatic rings. The third-order valence-electron chi connectivity index (χ3n) is 4.81. The van der Waals surface area contributed by atoms with Crippen LogP contribution in [-0.4, -0.2) is 34.0 Å². The molecule has 0 bridgehead atoms. The third-order valence-corrected chi connectivity index (χ3v) is 4.81. The van der Waals surface area contributed by atoms with Gasteiger partial charge in [-0.3, -0.25) is 9.69 Å². The largest absolute Gasteiger partial charge is 0.481 e. The van der Waals surface area contributed by atoms with Crippen LogP contribution in [0.5, 0.6) is 0 Å².